The number of unbranched alkanes of at least 4 members (excludes halogenated alkanes) is 3. The lowest BCUT2D eigenvalue weighted by Gasteiger charge is -2.43. The third kappa shape index (κ3) is 6.37. The largest absolute Gasteiger partial charge is 0.494 e. The van der Waals surface area contributed by atoms with Gasteiger partial charge in [-0.05, 0) is 60.8 Å². The van der Waals surface area contributed by atoms with E-state index in [1.54, 1.807) is 0 Å². The molecule has 1 saturated carbocycles. The van der Waals surface area contributed by atoms with Gasteiger partial charge in [0.1, 0.15) is 5.75 Å². The van der Waals surface area contributed by atoms with E-state index in [9.17, 15) is 4.79 Å². The molecular weight excluding hydrogens is 310 g/mol. The molecule has 0 unspecified atom stereocenters. The minimum absolute atomic E-state index is 0.0219. The second-order valence-corrected chi connectivity index (χ2v) is 8.54. The van der Waals surface area contributed by atoms with Crippen LogP contribution >= 0.6 is 0 Å². The van der Waals surface area contributed by atoms with Crippen LogP contribution in [-0.2, 0) is 0 Å². The highest BCUT2D eigenvalue weighted by Gasteiger charge is 2.36. The van der Waals surface area contributed by atoms with Crippen molar-refractivity contribution in [1.82, 2.24) is 5.32 Å². The van der Waals surface area contributed by atoms with Crippen LogP contribution in [0.15, 0.2) is 24.3 Å². The molecule has 0 aliphatic heterocycles. The lowest BCUT2D eigenvalue weighted by atomic mass is 9.63. The predicted octanol–water partition coefficient (Wildman–Crippen LogP) is 5.45. The molecule has 0 aromatic heterocycles. The van der Waals surface area contributed by atoms with Crippen molar-refractivity contribution in [2.45, 2.75) is 66.2 Å². The summed E-state index contributed by atoms with van der Waals surface area (Å²) in [6, 6.07) is 7.51. The van der Waals surface area contributed by atoms with E-state index in [1.165, 1.54) is 32.1 Å². The molecule has 1 aromatic rings. The Kier molecular flexibility index (Phi) is 7.34. The minimum atomic E-state index is 0.0219. The maximum absolute atomic E-state index is 12.3. The number of ether oxygens (including phenoxy) is 1. The summed E-state index contributed by atoms with van der Waals surface area (Å²) in [6.45, 7) is 10.7. The molecule has 3 heteroatoms. The van der Waals surface area contributed by atoms with Gasteiger partial charge in [0, 0.05) is 12.1 Å². The fraction of sp³-hybridized carbons (Fsp3) is 0.682. The van der Waals surface area contributed by atoms with Gasteiger partial charge in [-0.2, -0.15) is 0 Å². The van der Waals surface area contributed by atoms with Gasteiger partial charge in [-0.3, -0.25) is 4.79 Å². The van der Waals surface area contributed by atoms with Gasteiger partial charge < -0.3 is 10.1 Å². The zero-order valence-corrected chi connectivity index (χ0v) is 16.4. The molecule has 0 radical (unpaired) electrons. The molecule has 0 saturated heterocycles. The Labute approximate surface area is 153 Å². The average molecular weight is 346 g/mol. The van der Waals surface area contributed by atoms with Gasteiger partial charge in [-0.1, -0.05) is 47.0 Å². The van der Waals surface area contributed by atoms with Crippen LogP contribution in [0.4, 0.5) is 0 Å². The highest BCUT2D eigenvalue weighted by molar-refractivity contribution is 5.94. The Morgan fingerprint density at radius 3 is 2.40 bits per heavy atom. The molecule has 0 spiro atoms. The number of amides is 1. The topological polar surface area (TPSA) is 38.3 Å². The van der Waals surface area contributed by atoms with E-state index in [-0.39, 0.29) is 5.91 Å². The van der Waals surface area contributed by atoms with Crippen LogP contribution in [0.25, 0.3) is 0 Å². The molecule has 0 bridgehead atoms. The summed E-state index contributed by atoms with van der Waals surface area (Å²) < 4.78 is 5.72. The summed E-state index contributed by atoms with van der Waals surface area (Å²) in [7, 11) is 0. The van der Waals surface area contributed by atoms with Crippen LogP contribution in [0, 0.1) is 17.3 Å². The van der Waals surface area contributed by atoms with Gasteiger partial charge in [0.05, 0.1) is 6.61 Å². The Morgan fingerprint density at radius 2 is 1.80 bits per heavy atom. The van der Waals surface area contributed by atoms with Crippen molar-refractivity contribution in [2.75, 3.05) is 13.2 Å². The zero-order chi connectivity index (χ0) is 18.3. The number of benzene rings is 1. The van der Waals surface area contributed by atoms with Gasteiger partial charge in [0.15, 0.2) is 0 Å². The molecule has 140 valence electrons. The second kappa shape index (κ2) is 9.26. The molecule has 0 atom stereocenters. The number of rotatable bonds is 9. The van der Waals surface area contributed by atoms with Gasteiger partial charge in [0.2, 0.25) is 0 Å². The average Bonchev–Trinajstić information content (AvgIpc) is 2.52. The molecule has 1 aliphatic carbocycles. The van der Waals surface area contributed by atoms with E-state index in [4.69, 9.17) is 4.74 Å². The second-order valence-electron chi connectivity index (χ2n) is 8.54. The summed E-state index contributed by atoms with van der Waals surface area (Å²) in [6.07, 6.45) is 7.27. The predicted molar refractivity (Wildman–Crippen MR) is 104 cm³/mol. The molecule has 2 rings (SSSR count). The number of nitrogens with one attached hydrogen (secondary N) is 1. The smallest absolute Gasteiger partial charge is 0.251 e. The van der Waals surface area contributed by atoms with E-state index in [2.05, 4.69) is 33.0 Å². The number of carbonyl (C=O) groups is 1. The van der Waals surface area contributed by atoms with E-state index in [1.807, 2.05) is 24.3 Å². The quantitative estimate of drug-likeness (QED) is 0.605. The molecule has 1 aromatic carbocycles. The number of hydrogen-bond donors (Lipinski definition) is 1. The highest BCUT2D eigenvalue weighted by atomic mass is 16.5. The van der Waals surface area contributed by atoms with Gasteiger partial charge in [0.25, 0.3) is 5.91 Å². The molecule has 1 amide bonds. The van der Waals surface area contributed by atoms with Crippen LogP contribution in [0.3, 0.4) is 0 Å². The lowest BCUT2D eigenvalue weighted by molar-refractivity contribution is 0.0706. The molecular formula is C22H35NO2. The third-order valence-electron chi connectivity index (χ3n) is 5.39. The normalized spacial score (nSPS) is 20.0. The SMILES string of the molecule is CCCCCCOc1ccc(C(=O)NCC2CC(C(C)(C)C)C2)cc1. The molecule has 25 heavy (non-hydrogen) atoms. The Balaban J connectivity index is 1.67. The van der Waals surface area contributed by atoms with Crippen LogP contribution in [0.5, 0.6) is 5.75 Å². The standard InChI is InChI=1S/C22H35NO2/c1-5-6-7-8-13-25-20-11-9-18(10-12-20)21(24)23-16-17-14-19(15-17)22(2,3)4/h9-12,17,19H,5-8,13-16H2,1-4H3,(H,23,24). The van der Waals surface area contributed by atoms with E-state index >= 15 is 0 Å². The van der Waals surface area contributed by atoms with Crippen LogP contribution < -0.4 is 10.1 Å². The monoisotopic (exact) mass is 345 g/mol. The van der Waals surface area contributed by atoms with Crippen LogP contribution in [-0.4, -0.2) is 19.1 Å². The van der Waals surface area contributed by atoms with Crippen molar-refractivity contribution in [3.63, 3.8) is 0 Å². The molecule has 1 aliphatic rings. The summed E-state index contributed by atoms with van der Waals surface area (Å²) in [5.41, 5.74) is 1.11. The zero-order valence-electron chi connectivity index (χ0n) is 16.4. The minimum Gasteiger partial charge on any atom is -0.494 e. The maximum Gasteiger partial charge on any atom is 0.251 e. The van der Waals surface area contributed by atoms with E-state index in [0.29, 0.717) is 16.9 Å². The Morgan fingerprint density at radius 1 is 1.12 bits per heavy atom. The van der Waals surface area contributed by atoms with Crippen molar-refractivity contribution in [3.05, 3.63) is 29.8 Å². The lowest BCUT2D eigenvalue weighted by Crippen LogP contribution is -2.40. The fourth-order valence-corrected chi connectivity index (χ4v) is 3.37. The molecule has 0 heterocycles. The van der Waals surface area contributed by atoms with E-state index in [0.717, 1.165) is 31.2 Å². The summed E-state index contributed by atoms with van der Waals surface area (Å²) >= 11 is 0. The van der Waals surface area contributed by atoms with Gasteiger partial charge >= 0.3 is 0 Å². The third-order valence-corrected chi connectivity index (χ3v) is 5.39. The van der Waals surface area contributed by atoms with Crippen LogP contribution in [0.1, 0.15) is 76.6 Å². The van der Waals surface area contributed by atoms with E-state index < -0.39 is 0 Å². The fourth-order valence-electron chi connectivity index (χ4n) is 3.37. The van der Waals surface area contributed by atoms with Crippen molar-refractivity contribution in [1.29, 1.82) is 0 Å². The number of carbonyl (C=O) groups excluding carboxylic acids is 1. The van der Waals surface area contributed by atoms with Crippen molar-refractivity contribution in [3.8, 4) is 5.75 Å². The van der Waals surface area contributed by atoms with Crippen molar-refractivity contribution < 1.29 is 9.53 Å². The van der Waals surface area contributed by atoms with Gasteiger partial charge in [-0.15, -0.1) is 0 Å². The maximum atomic E-state index is 12.3. The summed E-state index contributed by atoms with van der Waals surface area (Å²) in [5, 5.41) is 3.08. The van der Waals surface area contributed by atoms with Crippen molar-refractivity contribution in [2.24, 2.45) is 17.3 Å². The first-order chi connectivity index (χ1) is 11.9. The Bertz CT molecular complexity index is 524. The van der Waals surface area contributed by atoms with Crippen LogP contribution in [0.2, 0.25) is 0 Å². The Hall–Kier alpha value is -1.51. The first-order valence-corrected chi connectivity index (χ1v) is 9.91. The molecule has 1 N–H and O–H groups in total. The first kappa shape index (κ1) is 19.8. The van der Waals surface area contributed by atoms with Gasteiger partial charge in [-0.25, -0.2) is 0 Å². The first-order valence-electron chi connectivity index (χ1n) is 9.91. The molecule has 1 fully saturated rings. The summed E-state index contributed by atoms with van der Waals surface area (Å²) in [5.74, 6) is 2.30. The molecule has 3 nitrogen and oxygen atoms in total. The number of hydrogen-bond acceptors (Lipinski definition) is 2. The summed E-state index contributed by atoms with van der Waals surface area (Å²) in [4.78, 5) is 12.3. The van der Waals surface area contributed by atoms with Crippen molar-refractivity contribution >= 4 is 5.91 Å². The highest BCUT2D eigenvalue weighted by Crippen LogP contribution is 2.44.